The lowest BCUT2D eigenvalue weighted by Gasteiger charge is -2.24. The molecule has 3 rings (SSSR count). The summed E-state index contributed by atoms with van der Waals surface area (Å²) >= 11 is 0. The van der Waals surface area contributed by atoms with E-state index in [9.17, 15) is 4.79 Å². The predicted molar refractivity (Wildman–Crippen MR) is 76.2 cm³/mol. The normalized spacial score (nSPS) is 20.1. The molecule has 1 fully saturated rings. The second kappa shape index (κ2) is 5.16. The number of hydrogen-bond donors (Lipinski definition) is 0. The van der Waals surface area contributed by atoms with Crippen LogP contribution in [0.25, 0.3) is 11.0 Å². The van der Waals surface area contributed by atoms with Gasteiger partial charge in [-0.3, -0.25) is 4.79 Å². The smallest absolute Gasteiger partial charge is 0.134 e. The van der Waals surface area contributed by atoms with Gasteiger partial charge in [-0.15, -0.1) is 0 Å². The molecule has 0 spiro atoms. The Morgan fingerprint density at radius 3 is 3.00 bits per heavy atom. The second-order valence-corrected chi connectivity index (χ2v) is 5.43. The van der Waals surface area contributed by atoms with Crippen LogP contribution in [0, 0.1) is 0 Å². The van der Waals surface area contributed by atoms with E-state index in [1.807, 2.05) is 6.07 Å². The van der Waals surface area contributed by atoms with Crippen molar-refractivity contribution in [2.45, 2.75) is 51.5 Å². The van der Waals surface area contributed by atoms with Gasteiger partial charge in [0.05, 0.1) is 11.0 Å². The summed E-state index contributed by atoms with van der Waals surface area (Å²) in [7, 11) is 0. The third-order valence-corrected chi connectivity index (χ3v) is 3.96. The lowest BCUT2D eigenvalue weighted by atomic mass is 9.94. The van der Waals surface area contributed by atoms with Crippen molar-refractivity contribution in [1.82, 2.24) is 9.55 Å². The minimum Gasteiger partial charge on any atom is -0.324 e. The van der Waals surface area contributed by atoms with Crippen LogP contribution in [-0.4, -0.2) is 15.3 Å². The Morgan fingerprint density at radius 1 is 1.37 bits per heavy atom. The van der Waals surface area contributed by atoms with Crippen molar-refractivity contribution in [3.05, 3.63) is 30.1 Å². The van der Waals surface area contributed by atoms with Gasteiger partial charge in [-0.1, -0.05) is 19.1 Å². The predicted octanol–water partition coefficient (Wildman–Crippen LogP) is 3.67. The van der Waals surface area contributed by atoms with E-state index in [1.54, 1.807) is 0 Å². The third-order valence-electron chi connectivity index (χ3n) is 3.96. The molecule has 0 aliphatic heterocycles. The van der Waals surface area contributed by atoms with Gasteiger partial charge in [-0.25, -0.2) is 4.98 Å². The Morgan fingerprint density at radius 2 is 2.21 bits per heavy atom. The standard InChI is InChI=1S/C16H20N2O/c1-2-6-16-17-14-9-3-4-10-15(14)18(16)12-7-5-8-13(19)11-12/h3-4,9-10,12H,2,5-8,11H2,1H3. The number of carbonyl (C=O) groups is 1. The molecule has 3 heteroatoms. The number of Topliss-reactive ketones (excluding diaryl/α,β-unsaturated/α-hetero) is 1. The summed E-state index contributed by atoms with van der Waals surface area (Å²) in [4.78, 5) is 16.5. The van der Waals surface area contributed by atoms with E-state index in [-0.39, 0.29) is 0 Å². The van der Waals surface area contributed by atoms with Crippen LogP contribution in [0.4, 0.5) is 0 Å². The van der Waals surface area contributed by atoms with Gasteiger partial charge in [0.25, 0.3) is 0 Å². The van der Waals surface area contributed by atoms with Crippen LogP contribution in [0.2, 0.25) is 0 Å². The highest BCUT2D eigenvalue weighted by molar-refractivity contribution is 5.80. The number of para-hydroxylation sites is 2. The Bertz CT molecular complexity index is 600. The lowest BCUT2D eigenvalue weighted by Crippen LogP contribution is -2.20. The maximum Gasteiger partial charge on any atom is 0.134 e. The summed E-state index contributed by atoms with van der Waals surface area (Å²) in [6.07, 6.45) is 5.62. The van der Waals surface area contributed by atoms with Gasteiger partial charge >= 0.3 is 0 Å². The first-order valence-corrected chi connectivity index (χ1v) is 7.27. The number of hydrogen-bond acceptors (Lipinski definition) is 2. The van der Waals surface area contributed by atoms with Crippen molar-refractivity contribution >= 4 is 16.8 Å². The van der Waals surface area contributed by atoms with Gasteiger partial charge in [0.2, 0.25) is 0 Å². The van der Waals surface area contributed by atoms with Crippen molar-refractivity contribution < 1.29 is 4.79 Å². The number of rotatable bonds is 3. The molecule has 1 aliphatic carbocycles. The molecule has 0 radical (unpaired) electrons. The monoisotopic (exact) mass is 256 g/mol. The van der Waals surface area contributed by atoms with Crippen LogP contribution < -0.4 is 0 Å². The molecule has 19 heavy (non-hydrogen) atoms. The number of nitrogens with zero attached hydrogens (tertiary/aromatic N) is 2. The molecule has 3 nitrogen and oxygen atoms in total. The number of fused-ring (bicyclic) bond motifs is 1. The first kappa shape index (κ1) is 12.4. The molecule has 0 bridgehead atoms. The van der Waals surface area contributed by atoms with Gasteiger partial charge in [-0.05, 0) is 31.4 Å². The molecule has 1 saturated carbocycles. The molecule has 2 aromatic rings. The molecular weight excluding hydrogens is 236 g/mol. The first-order chi connectivity index (χ1) is 9.29. The largest absolute Gasteiger partial charge is 0.324 e. The SMILES string of the molecule is CCCc1nc2ccccc2n1C1CCCC(=O)C1. The highest BCUT2D eigenvalue weighted by Crippen LogP contribution is 2.31. The number of ketones is 1. The van der Waals surface area contributed by atoms with Crippen molar-refractivity contribution in [2.24, 2.45) is 0 Å². The fourth-order valence-corrected chi connectivity index (χ4v) is 3.12. The molecule has 1 aromatic heterocycles. The van der Waals surface area contributed by atoms with E-state index >= 15 is 0 Å². The maximum absolute atomic E-state index is 11.7. The molecule has 1 aliphatic rings. The Balaban J connectivity index is 2.08. The summed E-state index contributed by atoms with van der Waals surface area (Å²) in [5.74, 6) is 1.54. The van der Waals surface area contributed by atoms with E-state index in [1.165, 1.54) is 5.52 Å². The average molecular weight is 256 g/mol. The Kier molecular flexibility index (Phi) is 3.36. The van der Waals surface area contributed by atoms with E-state index in [4.69, 9.17) is 4.98 Å². The quantitative estimate of drug-likeness (QED) is 0.839. The van der Waals surface area contributed by atoms with E-state index in [0.717, 1.165) is 43.4 Å². The van der Waals surface area contributed by atoms with Gasteiger partial charge < -0.3 is 4.57 Å². The minimum atomic E-state index is 0.315. The van der Waals surface area contributed by atoms with Gasteiger partial charge in [0, 0.05) is 25.3 Å². The van der Waals surface area contributed by atoms with Crippen molar-refractivity contribution in [3.8, 4) is 0 Å². The minimum absolute atomic E-state index is 0.315. The fourth-order valence-electron chi connectivity index (χ4n) is 3.12. The third kappa shape index (κ3) is 2.29. The molecule has 1 heterocycles. The molecule has 100 valence electrons. The van der Waals surface area contributed by atoms with E-state index in [0.29, 0.717) is 18.2 Å². The van der Waals surface area contributed by atoms with E-state index in [2.05, 4.69) is 29.7 Å². The molecule has 1 aromatic carbocycles. The zero-order valence-electron chi connectivity index (χ0n) is 11.4. The number of aromatic nitrogens is 2. The first-order valence-electron chi connectivity index (χ1n) is 7.27. The number of imidazole rings is 1. The summed E-state index contributed by atoms with van der Waals surface area (Å²) in [5, 5.41) is 0. The van der Waals surface area contributed by atoms with Crippen LogP contribution in [0.15, 0.2) is 24.3 Å². The summed E-state index contributed by atoms with van der Waals surface area (Å²) < 4.78 is 2.33. The highest BCUT2D eigenvalue weighted by atomic mass is 16.1. The topological polar surface area (TPSA) is 34.9 Å². The van der Waals surface area contributed by atoms with Crippen molar-refractivity contribution in [1.29, 1.82) is 0 Å². The lowest BCUT2D eigenvalue weighted by molar-refractivity contribution is -0.121. The molecule has 1 atom stereocenters. The molecule has 0 saturated heterocycles. The zero-order valence-corrected chi connectivity index (χ0v) is 11.4. The molecular formula is C16H20N2O. The van der Waals surface area contributed by atoms with Gasteiger partial charge in [0.1, 0.15) is 11.6 Å². The number of benzene rings is 1. The van der Waals surface area contributed by atoms with Crippen LogP contribution in [0.5, 0.6) is 0 Å². The fraction of sp³-hybridized carbons (Fsp3) is 0.500. The summed E-state index contributed by atoms with van der Waals surface area (Å²) in [6, 6.07) is 8.59. The Hall–Kier alpha value is -1.64. The summed E-state index contributed by atoms with van der Waals surface area (Å²) in [5.41, 5.74) is 2.25. The van der Waals surface area contributed by atoms with Crippen molar-refractivity contribution in [3.63, 3.8) is 0 Å². The average Bonchev–Trinajstić information content (AvgIpc) is 2.77. The van der Waals surface area contributed by atoms with Crippen LogP contribution in [0.1, 0.15) is 50.9 Å². The second-order valence-electron chi connectivity index (χ2n) is 5.43. The molecule has 0 amide bonds. The van der Waals surface area contributed by atoms with Crippen LogP contribution in [-0.2, 0) is 11.2 Å². The van der Waals surface area contributed by atoms with Gasteiger partial charge in [0.15, 0.2) is 0 Å². The maximum atomic E-state index is 11.7. The molecule has 1 unspecified atom stereocenters. The summed E-state index contributed by atoms with van der Waals surface area (Å²) in [6.45, 7) is 2.18. The van der Waals surface area contributed by atoms with E-state index < -0.39 is 0 Å². The van der Waals surface area contributed by atoms with Crippen LogP contribution in [0.3, 0.4) is 0 Å². The van der Waals surface area contributed by atoms with Gasteiger partial charge in [-0.2, -0.15) is 0 Å². The zero-order chi connectivity index (χ0) is 13.2. The number of carbonyl (C=O) groups excluding carboxylic acids is 1. The Labute approximate surface area is 113 Å². The highest BCUT2D eigenvalue weighted by Gasteiger charge is 2.24. The van der Waals surface area contributed by atoms with Crippen molar-refractivity contribution in [2.75, 3.05) is 0 Å². The number of aryl methyl sites for hydroxylation is 1. The molecule has 0 N–H and O–H groups in total. The van der Waals surface area contributed by atoms with Crippen LogP contribution >= 0.6 is 0 Å².